The molecule has 9 nitrogen and oxygen atoms in total. The number of non-ortho nitro benzene ring substituents is 1. The molecule has 0 heterocycles. The van der Waals surface area contributed by atoms with E-state index in [1.54, 1.807) is 0 Å². The van der Waals surface area contributed by atoms with E-state index in [4.69, 9.17) is 21.6 Å². The second kappa shape index (κ2) is 12.3. The molecular weight excluding hydrogens is 410 g/mol. The number of aldehydes is 1. The number of nitro benzene ring substituents is 1. The van der Waals surface area contributed by atoms with Crippen LogP contribution in [0.15, 0.2) is 52.7 Å². The fourth-order valence-electron chi connectivity index (χ4n) is 2.49. The van der Waals surface area contributed by atoms with Gasteiger partial charge in [-0.3, -0.25) is 10.1 Å². The largest absolute Gasteiger partial charge is 0.382 e. The molecule has 10 heteroatoms. The number of benzene rings is 2. The maximum atomic E-state index is 10.7. The van der Waals surface area contributed by atoms with Crippen LogP contribution in [0.2, 0.25) is 5.02 Å². The van der Waals surface area contributed by atoms with Crippen LogP contribution in [0.1, 0.15) is 12.0 Å². The zero-order valence-corrected chi connectivity index (χ0v) is 16.8. The molecule has 0 saturated carbocycles. The van der Waals surface area contributed by atoms with Gasteiger partial charge in [0.25, 0.3) is 5.69 Å². The Labute approximate surface area is 178 Å². The molecule has 1 N–H and O–H groups in total. The second-order valence-corrected chi connectivity index (χ2v) is 6.59. The van der Waals surface area contributed by atoms with Crippen molar-refractivity contribution >= 4 is 34.9 Å². The van der Waals surface area contributed by atoms with Crippen LogP contribution in [0.4, 0.5) is 17.1 Å². The van der Waals surface area contributed by atoms with Gasteiger partial charge < -0.3 is 14.8 Å². The summed E-state index contributed by atoms with van der Waals surface area (Å²) in [5.74, 6) is 0. The molecule has 0 bridgehead atoms. The Kier molecular flexibility index (Phi) is 9.37. The van der Waals surface area contributed by atoms with Gasteiger partial charge in [0.15, 0.2) is 0 Å². The Bertz CT molecular complexity index is 928. The number of nitrogens with one attached hydrogen (secondary N) is 1. The number of carbonyl (C=O) groups is 1. The van der Waals surface area contributed by atoms with Gasteiger partial charge in [0.1, 0.15) is 18.6 Å². The number of carbonyl (C=O) groups excluding carboxylic acids is 1. The SMILES string of the molecule is N#CCOC(CC=O)CNc1ccc(CCN=Nc2ccc([N+](=O)[O-])cc2Cl)cc1. The van der Waals surface area contributed by atoms with Crippen molar-refractivity contribution in [2.24, 2.45) is 10.2 Å². The fraction of sp³-hybridized carbons (Fsp3) is 0.300. The summed E-state index contributed by atoms with van der Waals surface area (Å²) >= 11 is 5.98. The van der Waals surface area contributed by atoms with Crippen LogP contribution >= 0.6 is 11.6 Å². The fourth-order valence-corrected chi connectivity index (χ4v) is 2.70. The summed E-state index contributed by atoms with van der Waals surface area (Å²) in [6.07, 6.45) is 1.29. The van der Waals surface area contributed by atoms with E-state index < -0.39 is 4.92 Å². The number of rotatable bonds is 12. The van der Waals surface area contributed by atoms with Gasteiger partial charge in [-0.25, -0.2) is 0 Å². The Balaban J connectivity index is 1.82. The molecular formula is C20H20ClN5O4. The van der Waals surface area contributed by atoms with E-state index in [-0.39, 0.29) is 29.8 Å². The van der Waals surface area contributed by atoms with Crippen molar-refractivity contribution in [3.8, 4) is 6.07 Å². The third-order valence-electron chi connectivity index (χ3n) is 4.05. The van der Waals surface area contributed by atoms with Crippen molar-refractivity contribution in [2.45, 2.75) is 18.9 Å². The minimum Gasteiger partial charge on any atom is -0.382 e. The van der Waals surface area contributed by atoms with Crippen molar-refractivity contribution in [3.05, 3.63) is 63.2 Å². The molecule has 0 fully saturated rings. The molecule has 0 saturated heterocycles. The van der Waals surface area contributed by atoms with Crippen LogP contribution in [0, 0.1) is 21.4 Å². The Morgan fingerprint density at radius 1 is 1.30 bits per heavy atom. The van der Waals surface area contributed by atoms with E-state index in [1.165, 1.54) is 18.2 Å². The molecule has 1 unspecified atom stereocenters. The average Bonchev–Trinajstić information content (AvgIpc) is 2.74. The third kappa shape index (κ3) is 7.58. The first-order valence-corrected chi connectivity index (χ1v) is 9.47. The van der Waals surface area contributed by atoms with Crippen LogP contribution in [-0.2, 0) is 16.0 Å². The molecule has 30 heavy (non-hydrogen) atoms. The smallest absolute Gasteiger partial charge is 0.271 e. The predicted octanol–water partition coefficient (Wildman–Crippen LogP) is 4.48. The molecule has 0 aliphatic rings. The van der Waals surface area contributed by atoms with Gasteiger partial charge in [0.05, 0.1) is 28.7 Å². The third-order valence-corrected chi connectivity index (χ3v) is 4.35. The highest BCUT2D eigenvalue weighted by Gasteiger charge is 2.09. The number of hydrogen-bond donors (Lipinski definition) is 1. The number of nitrogens with zero attached hydrogens (tertiary/aromatic N) is 4. The van der Waals surface area contributed by atoms with E-state index in [0.29, 0.717) is 25.2 Å². The Hall–Kier alpha value is -3.35. The highest BCUT2D eigenvalue weighted by atomic mass is 35.5. The van der Waals surface area contributed by atoms with Crippen LogP contribution in [0.5, 0.6) is 0 Å². The maximum absolute atomic E-state index is 10.7. The van der Waals surface area contributed by atoms with E-state index in [0.717, 1.165) is 17.5 Å². The molecule has 0 aliphatic carbocycles. The van der Waals surface area contributed by atoms with Crippen molar-refractivity contribution in [1.29, 1.82) is 5.26 Å². The minimum absolute atomic E-state index is 0.0568. The zero-order valence-electron chi connectivity index (χ0n) is 16.0. The number of nitro groups is 1. The lowest BCUT2D eigenvalue weighted by Gasteiger charge is -2.15. The number of anilines is 1. The predicted molar refractivity (Wildman–Crippen MR) is 112 cm³/mol. The number of azo groups is 1. The van der Waals surface area contributed by atoms with Crippen LogP contribution in [0.25, 0.3) is 0 Å². The lowest BCUT2D eigenvalue weighted by molar-refractivity contribution is -0.384. The first-order valence-electron chi connectivity index (χ1n) is 9.10. The molecule has 156 valence electrons. The zero-order chi connectivity index (χ0) is 21.8. The topological polar surface area (TPSA) is 130 Å². The Morgan fingerprint density at radius 2 is 2.07 bits per heavy atom. The van der Waals surface area contributed by atoms with Gasteiger partial charge in [0.2, 0.25) is 0 Å². The van der Waals surface area contributed by atoms with Crippen molar-refractivity contribution in [2.75, 3.05) is 25.0 Å². The van der Waals surface area contributed by atoms with E-state index >= 15 is 0 Å². The summed E-state index contributed by atoms with van der Waals surface area (Å²) in [5, 5.41) is 30.7. The lowest BCUT2D eigenvalue weighted by atomic mass is 10.1. The number of hydrogen-bond acceptors (Lipinski definition) is 8. The van der Waals surface area contributed by atoms with Gasteiger partial charge in [-0.2, -0.15) is 15.5 Å². The van der Waals surface area contributed by atoms with E-state index in [1.807, 2.05) is 30.3 Å². The first-order chi connectivity index (χ1) is 14.5. The monoisotopic (exact) mass is 429 g/mol. The van der Waals surface area contributed by atoms with Crippen molar-refractivity contribution < 1.29 is 14.5 Å². The van der Waals surface area contributed by atoms with Gasteiger partial charge in [0, 0.05) is 30.8 Å². The summed E-state index contributed by atoms with van der Waals surface area (Å²) in [7, 11) is 0. The van der Waals surface area contributed by atoms with Gasteiger partial charge >= 0.3 is 0 Å². The average molecular weight is 430 g/mol. The van der Waals surface area contributed by atoms with Gasteiger partial charge in [-0.05, 0) is 30.2 Å². The van der Waals surface area contributed by atoms with Crippen LogP contribution in [-0.4, -0.2) is 37.0 Å². The molecule has 0 amide bonds. The molecule has 2 aromatic carbocycles. The van der Waals surface area contributed by atoms with E-state index in [9.17, 15) is 14.9 Å². The molecule has 0 aromatic heterocycles. The molecule has 0 spiro atoms. The van der Waals surface area contributed by atoms with Crippen LogP contribution < -0.4 is 5.32 Å². The number of ether oxygens (including phenoxy) is 1. The summed E-state index contributed by atoms with van der Waals surface area (Å²) in [6.45, 7) is 0.798. The normalized spacial score (nSPS) is 11.7. The minimum atomic E-state index is -0.521. The standard InChI is InChI=1S/C20H20ClN5O4/c21-19-13-17(26(28)29)5-6-20(19)25-24-10-7-15-1-3-16(4-2-15)23-14-18(8-11-27)30-12-9-22/h1-6,11,13,18,23H,7-8,10,12,14H2. The number of halogens is 1. The van der Waals surface area contributed by atoms with Gasteiger partial charge in [-0.15, -0.1) is 0 Å². The highest BCUT2D eigenvalue weighted by Crippen LogP contribution is 2.29. The molecule has 0 aliphatic heterocycles. The van der Waals surface area contributed by atoms with Crippen LogP contribution in [0.3, 0.4) is 0 Å². The lowest BCUT2D eigenvalue weighted by Crippen LogP contribution is -2.24. The second-order valence-electron chi connectivity index (χ2n) is 6.18. The molecule has 2 rings (SSSR count). The maximum Gasteiger partial charge on any atom is 0.271 e. The first kappa shape index (κ1) is 22.9. The number of nitriles is 1. The summed E-state index contributed by atoms with van der Waals surface area (Å²) in [4.78, 5) is 20.9. The summed E-state index contributed by atoms with van der Waals surface area (Å²) in [6, 6.07) is 13.6. The summed E-state index contributed by atoms with van der Waals surface area (Å²) in [5.41, 5.74) is 2.21. The molecule has 1 atom stereocenters. The highest BCUT2D eigenvalue weighted by molar-refractivity contribution is 6.33. The van der Waals surface area contributed by atoms with Gasteiger partial charge in [-0.1, -0.05) is 23.7 Å². The van der Waals surface area contributed by atoms with E-state index in [2.05, 4.69) is 15.5 Å². The summed E-state index contributed by atoms with van der Waals surface area (Å²) < 4.78 is 5.29. The van der Waals surface area contributed by atoms with Crippen molar-refractivity contribution in [3.63, 3.8) is 0 Å². The molecule has 0 radical (unpaired) electrons. The quantitative estimate of drug-likeness (QED) is 0.229. The molecule has 2 aromatic rings. The Morgan fingerprint density at radius 3 is 2.70 bits per heavy atom. The van der Waals surface area contributed by atoms with Crippen molar-refractivity contribution in [1.82, 2.24) is 0 Å².